The molecule has 3 rings (SSSR count). The molecule has 2 saturated heterocycles. The molecule has 1 atom stereocenters. The number of nitrogens with zero attached hydrogens (tertiary/aromatic N) is 2. The lowest BCUT2D eigenvalue weighted by Gasteiger charge is -2.41. The number of carbonyl (C=O) groups is 1. The molecule has 1 aromatic carbocycles. The summed E-state index contributed by atoms with van der Waals surface area (Å²) >= 11 is 0. The average molecular weight is 389 g/mol. The summed E-state index contributed by atoms with van der Waals surface area (Å²) in [6.45, 7) is 8.51. The lowest BCUT2D eigenvalue weighted by Crippen LogP contribution is -2.52. The molecule has 0 radical (unpaired) electrons. The van der Waals surface area contributed by atoms with E-state index in [0.29, 0.717) is 23.6 Å². The van der Waals surface area contributed by atoms with Crippen LogP contribution in [-0.4, -0.2) is 74.4 Å². The molecule has 1 aromatic rings. The van der Waals surface area contributed by atoms with Crippen molar-refractivity contribution in [1.82, 2.24) is 9.80 Å². The molecule has 2 heterocycles. The van der Waals surface area contributed by atoms with E-state index in [1.54, 1.807) is 7.11 Å². The second kappa shape index (κ2) is 9.94. The van der Waals surface area contributed by atoms with Gasteiger partial charge in [0.05, 0.1) is 19.8 Å². The first kappa shape index (κ1) is 20.7. The van der Waals surface area contributed by atoms with Crippen molar-refractivity contribution in [3.63, 3.8) is 0 Å². The van der Waals surface area contributed by atoms with Crippen LogP contribution < -0.4 is 9.47 Å². The first-order valence-corrected chi connectivity index (χ1v) is 10.2. The minimum atomic E-state index is 0.0355. The van der Waals surface area contributed by atoms with Gasteiger partial charge in [0.2, 0.25) is 0 Å². The van der Waals surface area contributed by atoms with Crippen LogP contribution in [0.4, 0.5) is 0 Å². The van der Waals surface area contributed by atoms with Gasteiger partial charge >= 0.3 is 0 Å². The molecule has 0 bridgehead atoms. The molecule has 6 nitrogen and oxygen atoms in total. The SMILES string of the molecule is C/C=C/c1ccc(OCC(=O)N2CCC(N3CCOC(C)C3)CC2)c(OC)c1. The van der Waals surface area contributed by atoms with Crippen LogP contribution in [0.1, 0.15) is 32.3 Å². The van der Waals surface area contributed by atoms with E-state index in [9.17, 15) is 4.79 Å². The number of ether oxygens (including phenoxy) is 3. The third kappa shape index (κ3) is 5.26. The summed E-state index contributed by atoms with van der Waals surface area (Å²) < 4.78 is 16.8. The van der Waals surface area contributed by atoms with Gasteiger partial charge in [0.1, 0.15) is 0 Å². The lowest BCUT2D eigenvalue weighted by molar-refractivity contribution is -0.135. The molecule has 2 aliphatic rings. The second-order valence-corrected chi connectivity index (χ2v) is 7.49. The zero-order chi connectivity index (χ0) is 19.9. The highest BCUT2D eigenvalue weighted by Gasteiger charge is 2.29. The van der Waals surface area contributed by atoms with E-state index >= 15 is 0 Å². The highest BCUT2D eigenvalue weighted by Crippen LogP contribution is 2.29. The molecule has 0 spiro atoms. The summed E-state index contributed by atoms with van der Waals surface area (Å²) in [4.78, 5) is 17.0. The van der Waals surface area contributed by atoms with Gasteiger partial charge in [0.25, 0.3) is 5.91 Å². The Morgan fingerprint density at radius 2 is 2.04 bits per heavy atom. The predicted octanol–water partition coefficient (Wildman–Crippen LogP) is 2.82. The van der Waals surface area contributed by atoms with Gasteiger partial charge in [-0.1, -0.05) is 18.2 Å². The maximum absolute atomic E-state index is 12.6. The molecule has 2 aliphatic heterocycles. The van der Waals surface area contributed by atoms with Gasteiger partial charge in [0, 0.05) is 32.2 Å². The predicted molar refractivity (Wildman–Crippen MR) is 110 cm³/mol. The smallest absolute Gasteiger partial charge is 0.260 e. The summed E-state index contributed by atoms with van der Waals surface area (Å²) in [6, 6.07) is 6.27. The van der Waals surface area contributed by atoms with Crippen molar-refractivity contribution in [1.29, 1.82) is 0 Å². The van der Waals surface area contributed by atoms with Crippen LogP contribution in [0, 0.1) is 0 Å². The van der Waals surface area contributed by atoms with E-state index < -0.39 is 0 Å². The fraction of sp³-hybridized carbons (Fsp3) is 0.591. The fourth-order valence-electron chi connectivity index (χ4n) is 3.99. The first-order valence-electron chi connectivity index (χ1n) is 10.2. The van der Waals surface area contributed by atoms with Crippen LogP contribution in [0.25, 0.3) is 6.08 Å². The minimum Gasteiger partial charge on any atom is -0.493 e. The Morgan fingerprint density at radius 1 is 1.25 bits per heavy atom. The zero-order valence-corrected chi connectivity index (χ0v) is 17.2. The number of benzene rings is 1. The fourth-order valence-corrected chi connectivity index (χ4v) is 3.99. The van der Waals surface area contributed by atoms with Crippen molar-refractivity contribution in [3.05, 3.63) is 29.8 Å². The molecule has 0 saturated carbocycles. The van der Waals surface area contributed by atoms with Crippen LogP contribution in [0.3, 0.4) is 0 Å². The number of morpholine rings is 1. The zero-order valence-electron chi connectivity index (χ0n) is 17.2. The number of methoxy groups -OCH3 is 1. The average Bonchev–Trinajstić information content (AvgIpc) is 2.73. The van der Waals surface area contributed by atoms with Crippen molar-refractivity contribution in [2.24, 2.45) is 0 Å². The Kier molecular flexibility index (Phi) is 7.34. The van der Waals surface area contributed by atoms with Crippen LogP contribution in [0.2, 0.25) is 0 Å². The number of carbonyl (C=O) groups excluding carboxylic acids is 1. The Bertz CT molecular complexity index is 683. The van der Waals surface area contributed by atoms with E-state index in [4.69, 9.17) is 14.2 Å². The normalized spacial score (nSPS) is 21.8. The summed E-state index contributed by atoms with van der Waals surface area (Å²) in [6.07, 6.45) is 6.30. The number of hydrogen-bond donors (Lipinski definition) is 0. The molecule has 0 N–H and O–H groups in total. The van der Waals surface area contributed by atoms with Gasteiger partial charge in [0.15, 0.2) is 18.1 Å². The van der Waals surface area contributed by atoms with Crippen LogP contribution in [-0.2, 0) is 9.53 Å². The first-order chi connectivity index (χ1) is 13.6. The van der Waals surface area contributed by atoms with Gasteiger partial charge in [-0.05, 0) is 44.4 Å². The largest absolute Gasteiger partial charge is 0.493 e. The number of hydrogen-bond acceptors (Lipinski definition) is 5. The highest BCUT2D eigenvalue weighted by molar-refractivity contribution is 5.78. The molecule has 0 aromatic heterocycles. The molecule has 6 heteroatoms. The number of allylic oxidation sites excluding steroid dienone is 1. The van der Waals surface area contributed by atoms with Crippen LogP contribution >= 0.6 is 0 Å². The Hall–Kier alpha value is -2.05. The van der Waals surface area contributed by atoms with Gasteiger partial charge in [-0.25, -0.2) is 0 Å². The van der Waals surface area contributed by atoms with Crippen molar-refractivity contribution < 1.29 is 19.0 Å². The molecular formula is C22H32N2O4. The van der Waals surface area contributed by atoms with Crippen molar-refractivity contribution in [3.8, 4) is 11.5 Å². The molecular weight excluding hydrogens is 356 g/mol. The third-order valence-electron chi connectivity index (χ3n) is 5.50. The number of rotatable bonds is 6. The van der Waals surface area contributed by atoms with E-state index in [2.05, 4.69) is 11.8 Å². The minimum absolute atomic E-state index is 0.0355. The van der Waals surface area contributed by atoms with E-state index in [1.807, 2.05) is 42.2 Å². The molecule has 0 aliphatic carbocycles. The summed E-state index contributed by atoms with van der Waals surface area (Å²) in [5.74, 6) is 1.28. The van der Waals surface area contributed by atoms with E-state index in [-0.39, 0.29) is 12.5 Å². The van der Waals surface area contributed by atoms with Gasteiger partial charge in [-0.3, -0.25) is 9.69 Å². The maximum atomic E-state index is 12.6. The molecule has 28 heavy (non-hydrogen) atoms. The molecule has 154 valence electrons. The molecule has 1 amide bonds. The number of likely N-dealkylation sites (tertiary alicyclic amines) is 1. The van der Waals surface area contributed by atoms with Crippen molar-refractivity contribution >= 4 is 12.0 Å². The Morgan fingerprint density at radius 3 is 2.71 bits per heavy atom. The summed E-state index contributed by atoms with van der Waals surface area (Å²) in [5, 5.41) is 0. The maximum Gasteiger partial charge on any atom is 0.260 e. The Labute approximate surface area is 168 Å². The molecule has 1 unspecified atom stereocenters. The Balaban J connectivity index is 1.48. The lowest BCUT2D eigenvalue weighted by atomic mass is 10.0. The van der Waals surface area contributed by atoms with Crippen LogP contribution in [0.15, 0.2) is 24.3 Å². The summed E-state index contributed by atoms with van der Waals surface area (Å²) in [5.41, 5.74) is 1.04. The standard InChI is InChI=1S/C22H32N2O4/c1-4-5-18-6-7-20(21(14-18)26-3)28-16-22(25)23-10-8-19(9-11-23)24-12-13-27-17(2)15-24/h4-7,14,17,19H,8-13,15-16H2,1-3H3/b5-4+. The van der Waals surface area contributed by atoms with E-state index in [1.165, 1.54) is 0 Å². The quantitative estimate of drug-likeness (QED) is 0.750. The van der Waals surface area contributed by atoms with Gasteiger partial charge < -0.3 is 19.1 Å². The third-order valence-corrected chi connectivity index (χ3v) is 5.50. The topological polar surface area (TPSA) is 51.2 Å². The van der Waals surface area contributed by atoms with E-state index in [0.717, 1.165) is 51.2 Å². The van der Waals surface area contributed by atoms with Gasteiger partial charge in [-0.15, -0.1) is 0 Å². The molecule has 2 fully saturated rings. The second-order valence-electron chi connectivity index (χ2n) is 7.49. The van der Waals surface area contributed by atoms with Crippen molar-refractivity contribution in [2.75, 3.05) is 46.5 Å². The number of piperidine rings is 1. The number of amides is 1. The highest BCUT2D eigenvalue weighted by atomic mass is 16.5. The van der Waals surface area contributed by atoms with Gasteiger partial charge in [-0.2, -0.15) is 0 Å². The summed E-state index contributed by atoms with van der Waals surface area (Å²) in [7, 11) is 1.61. The monoisotopic (exact) mass is 388 g/mol. The van der Waals surface area contributed by atoms with Crippen molar-refractivity contribution in [2.45, 2.75) is 38.8 Å². The van der Waals surface area contributed by atoms with Crippen LogP contribution in [0.5, 0.6) is 11.5 Å².